The van der Waals surface area contributed by atoms with Crippen molar-refractivity contribution >= 4 is 49.3 Å². The second kappa shape index (κ2) is 6.54. The summed E-state index contributed by atoms with van der Waals surface area (Å²) in [5.74, 6) is 0. The largest absolute Gasteiger partial charge is 0.269 e. The first-order valence-corrected chi connectivity index (χ1v) is 8.10. The quantitative estimate of drug-likeness (QED) is 0.390. The van der Waals surface area contributed by atoms with Crippen molar-refractivity contribution in [1.82, 2.24) is 0 Å². The molecule has 0 atom stereocenters. The van der Waals surface area contributed by atoms with Crippen molar-refractivity contribution in [1.29, 1.82) is 0 Å². The van der Waals surface area contributed by atoms with Crippen LogP contribution in [0.15, 0.2) is 56.7 Å². The maximum absolute atomic E-state index is 10.8. The van der Waals surface area contributed by atoms with Gasteiger partial charge in [-0.2, -0.15) is 0 Å². The summed E-state index contributed by atoms with van der Waals surface area (Å²) in [7, 11) is 0. The van der Waals surface area contributed by atoms with Crippen LogP contribution in [0.5, 0.6) is 0 Å². The Morgan fingerprint density at radius 1 is 1.21 bits per heavy atom. The zero-order valence-corrected chi connectivity index (χ0v) is 13.7. The zero-order chi connectivity index (χ0) is 13.8. The fourth-order valence-corrected chi connectivity index (χ4v) is 3.73. The Balaban J connectivity index is 2.32. The number of nitro groups is 1. The van der Waals surface area contributed by atoms with Crippen molar-refractivity contribution in [3.8, 4) is 0 Å². The fourth-order valence-electron chi connectivity index (χ4n) is 1.54. The fraction of sp³-hybridized carbons (Fsp3) is 0.0769. The van der Waals surface area contributed by atoms with E-state index in [9.17, 15) is 10.1 Å². The van der Waals surface area contributed by atoms with Gasteiger partial charge in [0.15, 0.2) is 0 Å². The predicted octanol–water partition coefficient (Wildman–Crippen LogP) is 5.40. The summed E-state index contributed by atoms with van der Waals surface area (Å²) in [5.41, 5.74) is 1.03. The average Bonchev–Trinajstić information content (AvgIpc) is 2.39. The number of nitro benzene ring substituents is 1. The Morgan fingerprint density at radius 2 is 2.00 bits per heavy atom. The molecular formula is C13H9Br2NO2S. The molecule has 98 valence electrons. The summed E-state index contributed by atoms with van der Waals surface area (Å²) in [6, 6.07) is 12.9. The average molecular weight is 403 g/mol. The number of benzene rings is 2. The number of halogens is 2. The second-order valence-electron chi connectivity index (χ2n) is 3.74. The van der Waals surface area contributed by atoms with Crippen LogP contribution in [0.3, 0.4) is 0 Å². The molecule has 19 heavy (non-hydrogen) atoms. The molecule has 0 fully saturated rings. The molecule has 0 saturated carbocycles. The highest BCUT2D eigenvalue weighted by Gasteiger charge is 2.11. The van der Waals surface area contributed by atoms with Crippen molar-refractivity contribution in [2.75, 3.05) is 0 Å². The van der Waals surface area contributed by atoms with Gasteiger partial charge in [-0.05, 0) is 29.8 Å². The molecule has 0 radical (unpaired) electrons. The van der Waals surface area contributed by atoms with E-state index in [0.29, 0.717) is 5.33 Å². The van der Waals surface area contributed by atoms with Gasteiger partial charge in [-0.25, -0.2) is 0 Å². The molecule has 0 amide bonds. The highest BCUT2D eigenvalue weighted by atomic mass is 79.9. The second-order valence-corrected chi connectivity index (χ2v) is 6.33. The zero-order valence-electron chi connectivity index (χ0n) is 9.68. The predicted molar refractivity (Wildman–Crippen MR) is 84.0 cm³/mol. The lowest BCUT2D eigenvalue weighted by atomic mass is 10.2. The standard InChI is InChI=1S/C13H9Br2NO2S/c14-8-9-6-11(16(17)18)4-5-13(9)19-12-3-1-2-10(15)7-12/h1-7H,8H2. The molecule has 0 heterocycles. The first kappa shape index (κ1) is 14.6. The number of nitrogens with zero attached hydrogens (tertiary/aromatic N) is 1. The highest BCUT2D eigenvalue weighted by Crippen LogP contribution is 2.34. The molecule has 6 heteroatoms. The van der Waals surface area contributed by atoms with Gasteiger partial charge in [0.2, 0.25) is 0 Å². The third-order valence-corrected chi connectivity index (χ3v) is 4.63. The van der Waals surface area contributed by atoms with E-state index < -0.39 is 0 Å². The van der Waals surface area contributed by atoms with Crippen molar-refractivity contribution in [2.24, 2.45) is 0 Å². The molecule has 0 saturated heterocycles. The van der Waals surface area contributed by atoms with E-state index in [1.807, 2.05) is 24.3 Å². The summed E-state index contributed by atoms with van der Waals surface area (Å²) in [5, 5.41) is 11.3. The summed E-state index contributed by atoms with van der Waals surface area (Å²) in [4.78, 5) is 12.5. The molecule has 3 nitrogen and oxygen atoms in total. The third kappa shape index (κ3) is 3.81. The molecule has 0 N–H and O–H groups in total. The van der Waals surface area contributed by atoms with Crippen molar-refractivity contribution in [3.63, 3.8) is 0 Å². The molecule has 0 unspecified atom stereocenters. The van der Waals surface area contributed by atoms with Crippen LogP contribution < -0.4 is 0 Å². The molecule has 2 aromatic carbocycles. The van der Waals surface area contributed by atoms with E-state index in [1.54, 1.807) is 23.9 Å². The van der Waals surface area contributed by atoms with Crippen LogP contribution in [0.25, 0.3) is 0 Å². The van der Waals surface area contributed by atoms with Crippen LogP contribution in [0, 0.1) is 10.1 Å². The SMILES string of the molecule is O=[N+]([O-])c1ccc(Sc2cccc(Br)c2)c(CBr)c1. The minimum absolute atomic E-state index is 0.119. The maximum atomic E-state index is 10.8. The van der Waals surface area contributed by atoms with Gasteiger partial charge in [0.25, 0.3) is 5.69 Å². The minimum Gasteiger partial charge on any atom is -0.258 e. The monoisotopic (exact) mass is 401 g/mol. The Hall–Kier alpha value is -0.850. The Kier molecular flexibility index (Phi) is 5.01. The molecule has 0 bridgehead atoms. The molecular weight excluding hydrogens is 394 g/mol. The smallest absolute Gasteiger partial charge is 0.258 e. The molecule has 0 aromatic heterocycles. The lowest BCUT2D eigenvalue weighted by Gasteiger charge is -2.07. The number of alkyl halides is 1. The Morgan fingerprint density at radius 3 is 2.63 bits per heavy atom. The summed E-state index contributed by atoms with van der Waals surface area (Å²) >= 11 is 8.39. The Bertz CT molecular complexity index is 619. The van der Waals surface area contributed by atoms with Crippen molar-refractivity contribution in [3.05, 3.63) is 62.6 Å². The molecule has 0 spiro atoms. The highest BCUT2D eigenvalue weighted by molar-refractivity contribution is 9.10. The number of hydrogen-bond acceptors (Lipinski definition) is 3. The van der Waals surface area contributed by atoms with Gasteiger partial charge in [0.1, 0.15) is 0 Å². The van der Waals surface area contributed by atoms with Crippen LogP contribution in [-0.4, -0.2) is 4.92 Å². The number of non-ortho nitro benzene ring substituents is 1. The number of rotatable bonds is 4. The van der Waals surface area contributed by atoms with E-state index >= 15 is 0 Å². The van der Waals surface area contributed by atoms with Crippen LogP contribution >= 0.6 is 43.6 Å². The summed E-state index contributed by atoms with van der Waals surface area (Å²) < 4.78 is 1.01. The molecule has 0 aliphatic carbocycles. The lowest BCUT2D eigenvalue weighted by molar-refractivity contribution is -0.385. The topological polar surface area (TPSA) is 43.1 Å². The van der Waals surface area contributed by atoms with E-state index in [-0.39, 0.29) is 10.6 Å². The normalized spacial score (nSPS) is 10.4. The minimum atomic E-state index is -0.375. The molecule has 2 rings (SSSR count). The third-order valence-electron chi connectivity index (χ3n) is 2.42. The van der Waals surface area contributed by atoms with Gasteiger partial charge < -0.3 is 0 Å². The first-order chi connectivity index (χ1) is 9.10. The summed E-state index contributed by atoms with van der Waals surface area (Å²) in [6.07, 6.45) is 0. The van der Waals surface area contributed by atoms with E-state index in [2.05, 4.69) is 31.9 Å². The van der Waals surface area contributed by atoms with Crippen LogP contribution in [0.2, 0.25) is 0 Å². The molecule has 0 aliphatic heterocycles. The van der Waals surface area contributed by atoms with Crippen LogP contribution in [-0.2, 0) is 5.33 Å². The van der Waals surface area contributed by atoms with Gasteiger partial charge in [-0.15, -0.1) is 0 Å². The first-order valence-electron chi connectivity index (χ1n) is 5.37. The lowest BCUT2D eigenvalue weighted by Crippen LogP contribution is -1.91. The summed E-state index contributed by atoms with van der Waals surface area (Å²) in [6.45, 7) is 0. The maximum Gasteiger partial charge on any atom is 0.269 e. The van der Waals surface area contributed by atoms with Gasteiger partial charge in [0.05, 0.1) is 4.92 Å². The van der Waals surface area contributed by atoms with Crippen molar-refractivity contribution in [2.45, 2.75) is 15.1 Å². The molecule has 2 aromatic rings. The molecule has 0 aliphatic rings. The van der Waals surface area contributed by atoms with E-state index in [0.717, 1.165) is 19.8 Å². The number of hydrogen-bond donors (Lipinski definition) is 0. The van der Waals surface area contributed by atoms with Crippen molar-refractivity contribution < 1.29 is 4.92 Å². The van der Waals surface area contributed by atoms with Crippen LogP contribution in [0.4, 0.5) is 5.69 Å². The van der Waals surface area contributed by atoms with Gasteiger partial charge in [0, 0.05) is 31.7 Å². The van der Waals surface area contributed by atoms with Gasteiger partial charge in [-0.1, -0.05) is 49.7 Å². The van der Waals surface area contributed by atoms with E-state index in [4.69, 9.17) is 0 Å². The van der Waals surface area contributed by atoms with Gasteiger partial charge >= 0.3 is 0 Å². The van der Waals surface area contributed by atoms with Gasteiger partial charge in [-0.3, -0.25) is 10.1 Å². The van der Waals surface area contributed by atoms with E-state index in [1.165, 1.54) is 6.07 Å². The Labute approximate surface area is 131 Å². The van der Waals surface area contributed by atoms with Crippen LogP contribution in [0.1, 0.15) is 5.56 Å².